The fourth-order valence-electron chi connectivity index (χ4n) is 1.14. The zero-order valence-electron chi connectivity index (χ0n) is 7.57. The van der Waals surface area contributed by atoms with E-state index in [1.54, 1.807) is 18.5 Å². The molecular weight excluding hydrogens is 198 g/mol. The summed E-state index contributed by atoms with van der Waals surface area (Å²) in [6.45, 7) is 0. The maximum absolute atomic E-state index is 10.5. The first-order chi connectivity index (χ1) is 7.18. The Morgan fingerprint density at radius 3 is 2.80 bits per heavy atom. The largest absolute Gasteiger partial charge is 0.378 e. The summed E-state index contributed by atoms with van der Waals surface area (Å²) in [4.78, 5) is 13.8. The molecule has 0 saturated carbocycles. The first-order valence-electron chi connectivity index (χ1n) is 4.09. The van der Waals surface area contributed by atoms with Gasteiger partial charge in [0, 0.05) is 18.5 Å². The molecule has 0 unspecified atom stereocenters. The number of pyridine rings is 1. The number of aromatic nitrogens is 3. The first kappa shape index (κ1) is 9.13. The molecule has 0 amide bonds. The smallest absolute Gasteiger partial charge is 0.311 e. The molecule has 2 aromatic rings. The highest BCUT2D eigenvalue weighted by Gasteiger charge is 2.13. The van der Waals surface area contributed by atoms with E-state index >= 15 is 0 Å². The highest BCUT2D eigenvalue weighted by Crippen LogP contribution is 2.19. The fourth-order valence-corrected chi connectivity index (χ4v) is 1.14. The van der Waals surface area contributed by atoms with Crippen molar-refractivity contribution in [3.63, 3.8) is 0 Å². The predicted octanol–water partition coefficient (Wildman–Crippen LogP) is 0.758. The Kier molecular flexibility index (Phi) is 2.05. The molecule has 0 spiro atoms. The number of rotatable bonds is 2. The molecule has 0 atom stereocenters. The molecule has 76 valence electrons. The van der Waals surface area contributed by atoms with Crippen molar-refractivity contribution in [2.75, 3.05) is 5.73 Å². The molecule has 7 heteroatoms. The summed E-state index contributed by atoms with van der Waals surface area (Å²) >= 11 is 0. The fraction of sp³-hybridized carbons (Fsp3) is 0. The number of nitrogens with zero attached hydrogens (tertiary/aromatic N) is 4. The van der Waals surface area contributed by atoms with Gasteiger partial charge in [0.15, 0.2) is 5.82 Å². The highest BCUT2D eigenvalue weighted by molar-refractivity contribution is 5.54. The Labute approximate surface area is 84.3 Å². The summed E-state index contributed by atoms with van der Waals surface area (Å²) in [6.07, 6.45) is 3.26. The van der Waals surface area contributed by atoms with Crippen molar-refractivity contribution in [1.29, 1.82) is 0 Å². The number of nitrogen functional groups attached to an aromatic ring is 1. The van der Waals surface area contributed by atoms with E-state index in [1.807, 2.05) is 0 Å². The third-order valence-electron chi connectivity index (χ3n) is 1.82. The number of hydrogen-bond acceptors (Lipinski definition) is 5. The van der Waals surface area contributed by atoms with Crippen molar-refractivity contribution < 1.29 is 4.92 Å². The summed E-state index contributed by atoms with van der Waals surface area (Å²) in [5.74, 6) is 0.330. The van der Waals surface area contributed by atoms with Gasteiger partial charge in [-0.1, -0.05) is 0 Å². The monoisotopic (exact) mass is 205 g/mol. The van der Waals surface area contributed by atoms with E-state index in [-0.39, 0.29) is 11.5 Å². The molecule has 0 saturated heterocycles. The molecule has 2 N–H and O–H groups in total. The molecule has 0 fully saturated rings. The minimum Gasteiger partial charge on any atom is -0.378 e. The molecule has 0 aliphatic heterocycles. The van der Waals surface area contributed by atoms with Gasteiger partial charge in [-0.25, -0.2) is 9.67 Å². The Bertz CT molecular complexity index is 494. The molecule has 2 aromatic heterocycles. The van der Waals surface area contributed by atoms with E-state index in [1.165, 1.54) is 16.8 Å². The van der Waals surface area contributed by atoms with Crippen molar-refractivity contribution in [3.05, 3.63) is 40.7 Å². The quantitative estimate of drug-likeness (QED) is 0.576. The number of hydrogen-bond donors (Lipinski definition) is 1. The second-order valence-electron chi connectivity index (χ2n) is 2.78. The third-order valence-corrected chi connectivity index (χ3v) is 1.82. The van der Waals surface area contributed by atoms with Gasteiger partial charge in [-0.2, -0.15) is 5.10 Å². The van der Waals surface area contributed by atoms with Crippen LogP contribution in [0.4, 0.5) is 11.5 Å². The van der Waals surface area contributed by atoms with Crippen LogP contribution in [0, 0.1) is 10.1 Å². The van der Waals surface area contributed by atoms with Gasteiger partial charge >= 0.3 is 5.69 Å². The molecule has 0 aliphatic rings. The Morgan fingerprint density at radius 2 is 2.27 bits per heavy atom. The Morgan fingerprint density at radius 1 is 1.47 bits per heavy atom. The van der Waals surface area contributed by atoms with Crippen LogP contribution in [0.1, 0.15) is 0 Å². The van der Waals surface area contributed by atoms with E-state index < -0.39 is 4.92 Å². The minimum absolute atomic E-state index is 0.118. The first-order valence-corrected chi connectivity index (χ1v) is 4.09. The summed E-state index contributed by atoms with van der Waals surface area (Å²) in [5, 5.41) is 14.4. The zero-order chi connectivity index (χ0) is 10.8. The normalized spacial score (nSPS) is 10.1. The van der Waals surface area contributed by atoms with Gasteiger partial charge < -0.3 is 5.73 Å². The van der Waals surface area contributed by atoms with Gasteiger partial charge in [0.05, 0.1) is 4.92 Å². The van der Waals surface area contributed by atoms with E-state index in [9.17, 15) is 10.1 Å². The predicted molar refractivity (Wildman–Crippen MR) is 52.4 cm³/mol. The van der Waals surface area contributed by atoms with Gasteiger partial charge in [-0.3, -0.25) is 10.1 Å². The second-order valence-corrected chi connectivity index (χ2v) is 2.78. The van der Waals surface area contributed by atoms with Crippen molar-refractivity contribution >= 4 is 11.5 Å². The van der Waals surface area contributed by atoms with Gasteiger partial charge in [-0.05, 0) is 12.1 Å². The lowest BCUT2D eigenvalue weighted by Crippen LogP contribution is -2.03. The molecule has 15 heavy (non-hydrogen) atoms. The van der Waals surface area contributed by atoms with E-state index in [0.29, 0.717) is 5.82 Å². The van der Waals surface area contributed by atoms with E-state index in [2.05, 4.69) is 10.1 Å². The molecular formula is C8H7N5O2. The van der Waals surface area contributed by atoms with Crippen LogP contribution in [0.15, 0.2) is 30.6 Å². The van der Waals surface area contributed by atoms with Crippen molar-refractivity contribution in [2.45, 2.75) is 0 Å². The van der Waals surface area contributed by atoms with Crippen LogP contribution in [-0.2, 0) is 0 Å². The molecule has 7 nitrogen and oxygen atoms in total. The van der Waals surface area contributed by atoms with Crippen LogP contribution in [0.5, 0.6) is 0 Å². The number of anilines is 1. The van der Waals surface area contributed by atoms with Crippen LogP contribution >= 0.6 is 0 Å². The summed E-state index contributed by atoms with van der Waals surface area (Å²) in [6, 6.07) is 4.51. The molecule has 0 aliphatic carbocycles. The van der Waals surface area contributed by atoms with Gasteiger partial charge in [-0.15, -0.1) is 0 Å². The average molecular weight is 205 g/mol. The topological polar surface area (TPSA) is 99.9 Å². The van der Waals surface area contributed by atoms with E-state index in [4.69, 9.17) is 5.73 Å². The van der Waals surface area contributed by atoms with Crippen molar-refractivity contribution in [2.24, 2.45) is 0 Å². The summed E-state index contributed by atoms with van der Waals surface area (Å²) in [7, 11) is 0. The number of nitro groups is 1. The summed E-state index contributed by atoms with van der Waals surface area (Å²) in [5.41, 5.74) is 5.23. The minimum atomic E-state index is -0.574. The maximum atomic E-state index is 10.5. The number of nitrogens with two attached hydrogens (primary N) is 1. The SMILES string of the molecule is Nc1nc(-n2cccn2)ccc1[N+](=O)[O-]. The molecule has 2 rings (SSSR count). The Balaban J connectivity index is 2.47. The van der Waals surface area contributed by atoms with Crippen LogP contribution in [0.25, 0.3) is 5.82 Å². The maximum Gasteiger partial charge on any atom is 0.311 e. The second kappa shape index (κ2) is 3.37. The lowest BCUT2D eigenvalue weighted by molar-refractivity contribution is -0.384. The van der Waals surface area contributed by atoms with E-state index in [0.717, 1.165) is 0 Å². The van der Waals surface area contributed by atoms with Crippen molar-refractivity contribution in [1.82, 2.24) is 14.8 Å². The molecule has 0 bridgehead atoms. The summed E-state index contributed by atoms with van der Waals surface area (Å²) < 4.78 is 1.47. The third kappa shape index (κ3) is 1.62. The van der Waals surface area contributed by atoms with Gasteiger partial charge in [0.25, 0.3) is 0 Å². The molecule has 0 radical (unpaired) electrons. The van der Waals surface area contributed by atoms with Crippen LogP contribution in [0.2, 0.25) is 0 Å². The average Bonchev–Trinajstić information content (AvgIpc) is 2.69. The van der Waals surface area contributed by atoms with Crippen LogP contribution < -0.4 is 5.73 Å². The zero-order valence-corrected chi connectivity index (χ0v) is 7.57. The molecule has 2 heterocycles. The lowest BCUT2D eigenvalue weighted by Gasteiger charge is -2.01. The van der Waals surface area contributed by atoms with Crippen LogP contribution in [0.3, 0.4) is 0 Å². The van der Waals surface area contributed by atoms with Gasteiger partial charge in [0.1, 0.15) is 0 Å². The molecule has 0 aromatic carbocycles. The lowest BCUT2D eigenvalue weighted by atomic mass is 10.4. The highest BCUT2D eigenvalue weighted by atomic mass is 16.6. The van der Waals surface area contributed by atoms with Gasteiger partial charge in [0.2, 0.25) is 5.82 Å². The van der Waals surface area contributed by atoms with Crippen molar-refractivity contribution in [3.8, 4) is 5.82 Å². The Hall–Kier alpha value is -2.44. The standard InChI is InChI=1S/C8H7N5O2/c9-8-6(13(14)15)2-3-7(11-8)12-5-1-4-10-12/h1-5H,(H2,9,11). The van der Waals surface area contributed by atoms with Crippen LogP contribution in [-0.4, -0.2) is 19.7 Å².